The Morgan fingerprint density at radius 1 is 1.09 bits per heavy atom. The molecule has 2 aromatic carbocycles. The van der Waals surface area contributed by atoms with Gasteiger partial charge in [-0.3, -0.25) is 4.79 Å². The van der Waals surface area contributed by atoms with Crippen LogP contribution >= 0.6 is 11.3 Å². The summed E-state index contributed by atoms with van der Waals surface area (Å²) in [5.41, 5.74) is 1.74. The van der Waals surface area contributed by atoms with Crippen LogP contribution in [0.25, 0.3) is 10.6 Å². The number of anilines is 1. The van der Waals surface area contributed by atoms with Crippen LogP contribution in [0.5, 0.6) is 0 Å². The van der Waals surface area contributed by atoms with E-state index in [0.717, 1.165) is 18.4 Å². The monoisotopic (exact) mass is 485 g/mol. The van der Waals surface area contributed by atoms with Crippen molar-refractivity contribution < 1.29 is 22.7 Å². The number of amides is 1. The maximum atomic E-state index is 12.7. The van der Waals surface area contributed by atoms with Crippen LogP contribution < -0.4 is 5.32 Å². The Morgan fingerprint density at radius 3 is 2.55 bits per heavy atom. The first-order valence-corrected chi connectivity index (χ1v) is 12.7. The van der Waals surface area contributed by atoms with Gasteiger partial charge in [-0.25, -0.2) is 18.2 Å². The van der Waals surface area contributed by atoms with Crippen molar-refractivity contribution in [3.8, 4) is 10.6 Å². The highest BCUT2D eigenvalue weighted by atomic mass is 32.2. The Labute approximate surface area is 196 Å². The predicted molar refractivity (Wildman–Crippen MR) is 126 cm³/mol. The molecule has 172 valence electrons. The van der Waals surface area contributed by atoms with Crippen LogP contribution in [0, 0.1) is 6.92 Å². The fourth-order valence-electron chi connectivity index (χ4n) is 3.50. The maximum Gasteiger partial charge on any atom is 0.350 e. The third-order valence-electron chi connectivity index (χ3n) is 5.16. The molecule has 8 nitrogen and oxygen atoms in total. The lowest BCUT2D eigenvalue weighted by Crippen LogP contribution is -2.28. The molecule has 4 rings (SSSR count). The molecule has 0 unspecified atom stereocenters. The summed E-state index contributed by atoms with van der Waals surface area (Å²) in [6.45, 7) is 2.21. The highest BCUT2D eigenvalue weighted by molar-refractivity contribution is 7.89. The Morgan fingerprint density at radius 2 is 1.82 bits per heavy atom. The highest BCUT2D eigenvalue weighted by Gasteiger charge is 2.27. The van der Waals surface area contributed by atoms with Crippen LogP contribution in [0.1, 0.15) is 28.2 Å². The summed E-state index contributed by atoms with van der Waals surface area (Å²) in [4.78, 5) is 29.7. The second-order valence-electron chi connectivity index (χ2n) is 7.56. The number of rotatable bonds is 7. The second kappa shape index (κ2) is 9.82. The van der Waals surface area contributed by atoms with E-state index in [1.165, 1.54) is 27.8 Å². The van der Waals surface area contributed by atoms with E-state index in [-0.39, 0.29) is 4.90 Å². The van der Waals surface area contributed by atoms with Crippen LogP contribution in [0.15, 0.2) is 59.5 Å². The standard InChI is InChI=1S/C23H23N3O5S2/c1-16-21(32-22(24-16)17-8-3-2-4-9-17)23(28)31-15-20(27)25-18-10-7-11-19(14-18)33(29,30)26-12-5-6-13-26/h2-4,7-11,14H,5-6,12-13,15H2,1H3,(H,25,27). The number of nitrogens with zero attached hydrogens (tertiary/aromatic N) is 2. The van der Waals surface area contributed by atoms with Gasteiger partial charge in [0.2, 0.25) is 10.0 Å². The van der Waals surface area contributed by atoms with Crippen molar-refractivity contribution >= 4 is 38.9 Å². The molecule has 0 radical (unpaired) electrons. The van der Waals surface area contributed by atoms with Gasteiger partial charge in [-0.05, 0) is 38.0 Å². The Hall–Kier alpha value is -3.08. The van der Waals surface area contributed by atoms with Gasteiger partial charge in [-0.15, -0.1) is 11.3 Å². The van der Waals surface area contributed by atoms with Crippen LogP contribution in [0.2, 0.25) is 0 Å². The number of sulfonamides is 1. The molecule has 1 aliphatic heterocycles. The van der Waals surface area contributed by atoms with Gasteiger partial charge in [-0.2, -0.15) is 4.31 Å². The van der Waals surface area contributed by atoms with Crippen molar-refractivity contribution in [3.63, 3.8) is 0 Å². The number of aromatic nitrogens is 1. The fourth-order valence-corrected chi connectivity index (χ4v) is 6.02. The summed E-state index contributed by atoms with van der Waals surface area (Å²) in [7, 11) is -3.59. The average molecular weight is 486 g/mol. The number of benzene rings is 2. The number of esters is 1. The first kappa shape index (κ1) is 23.1. The molecule has 0 bridgehead atoms. The number of carbonyl (C=O) groups excluding carboxylic acids is 2. The Kier molecular flexibility index (Phi) is 6.87. The fraction of sp³-hybridized carbons (Fsp3) is 0.261. The molecular formula is C23H23N3O5S2. The third-order valence-corrected chi connectivity index (χ3v) is 8.24. The highest BCUT2D eigenvalue weighted by Crippen LogP contribution is 2.28. The van der Waals surface area contributed by atoms with Gasteiger partial charge < -0.3 is 10.1 Å². The summed E-state index contributed by atoms with van der Waals surface area (Å²) in [5.74, 6) is -1.20. The topological polar surface area (TPSA) is 106 Å². The summed E-state index contributed by atoms with van der Waals surface area (Å²) in [6.07, 6.45) is 1.68. The minimum atomic E-state index is -3.59. The van der Waals surface area contributed by atoms with Gasteiger partial charge in [0.05, 0.1) is 10.6 Å². The first-order chi connectivity index (χ1) is 15.8. The molecule has 1 saturated heterocycles. The lowest BCUT2D eigenvalue weighted by Gasteiger charge is -2.16. The van der Waals surface area contributed by atoms with Crippen molar-refractivity contribution in [1.82, 2.24) is 9.29 Å². The first-order valence-electron chi connectivity index (χ1n) is 10.4. The van der Waals surface area contributed by atoms with Gasteiger partial charge in [-0.1, -0.05) is 36.4 Å². The third kappa shape index (κ3) is 5.29. The van der Waals surface area contributed by atoms with E-state index in [0.29, 0.717) is 34.4 Å². The molecule has 1 aliphatic rings. The summed E-state index contributed by atoms with van der Waals surface area (Å²) >= 11 is 1.20. The second-order valence-corrected chi connectivity index (χ2v) is 10.5. The smallest absolute Gasteiger partial charge is 0.350 e. The van der Waals surface area contributed by atoms with Crippen molar-refractivity contribution in [2.75, 3.05) is 25.0 Å². The van der Waals surface area contributed by atoms with Crippen molar-refractivity contribution in [1.29, 1.82) is 0 Å². The summed E-state index contributed by atoms with van der Waals surface area (Å²) in [6, 6.07) is 15.5. The molecule has 2 heterocycles. The quantitative estimate of drug-likeness (QED) is 0.512. The maximum absolute atomic E-state index is 12.7. The molecule has 0 saturated carbocycles. The molecule has 10 heteroatoms. The SMILES string of the molecule is Cc1nc(-c2ccccc2)sc1C(=O)OCC(=O)Nc1cccc(S(=O)(=O)N2CCCC2)c1. The van der Waals surface area contributed by atoms with Crippen molar-refractivity contribution in [2.24, 2.45) is 0 Å². The zero-order chi connectivity index (χ0) is 23.4. The van der Waals surface area contributed by atoms with E-state index in [1.54, 1.807) is 19.1 Å². The molecular weight excluding hydrogens is 462 g/mol. The number of ether oxygens (including phenoxy) is 1. The molecule has 0 aliphatic carbocycles. The van der Waals surface area contributed by atoms with Gasteiger partial charge in [0.1, 0.15) is 9.88 Å². The van der Waals surface area contributed by atoms with Gasteiger partial charge in [0.15, 0.2) is 6.61 Å². The largest absolute Gasteiger partial charge is 0.451 e. The van der Waals surface area contributed by atoms with Crippen molar-refractivity contribution in [2.45, 2.75) is 24.7 Å². The van der Waals surface area contributed by atoms with Gasteiger partial charge in [0.25, 0.3) is 5.91 Å². The number of nitrogens with one attached hydrogen (secondary N) is 1. The minimum Gasteiger partial charge on any atom is -0.451 e. The van der Waals surface area contributed by atoms with Gasteiger partial charge in [0, 0.05) is 24.3 Å². The van der Waals surface area contributed by atoms with Crippen LogP contribution in [0.3, 0.4) is 0 Å². The molecule has 1 amide bonds. The minimum absolute atomic E-state index is 0.118. The zero-order valence-corrected chi connectivity index (χ0v) is 19.6. The number of carbonyl (C=O) groups is 2. The van der Waals surface area contributed by atoms with Crippen LogP contribution in [-0.2, 0) is 19.6 Å². The molecule has 1 fully saturated rings. The van der Waals surface area contributed by atoms with E-state index >= 15 is 0 Å². The lowest BCUT2D eigenvalue weighted by molar-refractivity contribution is -0.119. The van der Waals surface area contributed by atoms with E-state index in [4.69, 9.17) is 4.74 Å². The van der Waals surface area contributed by atoms with Gasteiger partial charge >= 0.3 is 5.97 Å². The summed E-state index contributed by atoms with van der Waals surface area (Å²) in [5, 5.41) is 3.28. The predicted octanol–water partition coefficient (Wildman–Crippen LogP) is 3.70. The summed E-state index contributed by atoms with van der Waals surface area (Å²) < 4.78 is 32.0. The Bertz CT molecular complexity index is 1270. The number of aryl methyl sites for hydroxylation is 1. The molecule has 3 aromatic rings. The zero-order valence-electron chi connectivity index (χ0n) is 18.0. The normalized spacial score (nSPS) is 14.2. The number of hydrogen-bond donors (Lipinski definition) is 1. The van der Waals surface area contributed by atoms with E-state index < -0.39 is 28.5 Å². The molecule has 33 heavy (non-hydrogen) atoms. The van der Waals surface area contributed by atoms with E-state index in [1.807, 2.05) is 30.3 Å². The van der Waals surface area contributed by atoms with E-state index in [9.17, 15) is 18.0 Å². The van der Waals surface area contributed by atoms with E-state index in [2.05, 4.69) is 10.3 Å². The molecule has 1 N–H and O–H groups in total. The molecule has 1 aromatic heterocycles. The van der Waals surface area contributed by atoms with Crippen molar-refractivity contribution in [3.05, 3.63) is 65.2 Å². The molecule has 0 atom stereocenters. The average Bonchev–Trinajstić information content (AvgIpc) is 3.49. The van der Waals surface area contributed by atoms with Crippen LogP contribution in [-0.4, -0.2) is 49.3 Å². The van der Waals surface area contributed by atoms with Crippen LogP contribution in [0.4, 0.5) is 5.69 Å². The Balaban J connectivity index is 1.37. The number of thiazole rings is 1. The molecule has 0 spiro atoms. The lowest BCUT2D eigenvalue weighted by atomic mass is 10.2. The number of hydrogen-bond acceptors (Lipinski definition) is 7.